The van der Waals surface area contributed by atoms with Gasteiger partial charge in [-0.1, -0.05) is 6.07 Å². The molecule has 2 unspecified atom stereocenters. The summed E-state index contributed by atoms with van der Waals surface area (Å²) in [5, 5.41) is 11.5. The summed E-state index contributed by atoms with van der Waals surface area (Å²) in [4.78, 5) is 35.4. The maximum absolute atomic E-state index is 13.4. The zero-order valence-electron chi connectivity index (χ0n) is 23.7. The van der Waals surface area contributed by atoms with E-state index < -0.39 is 5.82 Å². The molecule has 12 heteroatoms. The Labute approximate surface area is 237 Å². The molecule has 2 aromatic carbocycles. The van der Waals surface area contributed by atoms with Gasteiger partial charge in [-0.3, -0.25) is 14.3 Å². The molecule has 0 saturated carbocycles. The minimum Gasteiger partial charge on any atom is -0.463 e. The topological polar surface area (TPSA) is 118 Å². The number of halogens is 1. The van der Waals surface area contributed by atoms with Crippen molar-refractivity contribution in [3.63, 3.8) is 0 Å². The first-order valence-corrected chi connectivity index (χ1v) is 13.7. The zero-order chi connectivity index (χ0) is 29.1. The Morgan fingerprint density at radius 3 is 2.78 bits per heavy atom. The Morgan fingerprint density at radius 1 is 1.22 bits per heavy atom. The fourth-order valence-electron chi connectivity index (χ4n) is 5.31. The third-order valence-corrected chi connectivity index (χ3v) is 7.47. The Morgan fingerprint density at radius 2 is 2.05 bits per heavy atom. The molecule has 11 nitrogen and oxygen atoms in total. The van der Waals surface area contributed by atoms with E-state index in [0.29, 0.717) is 41.7 Å². The van der Waals surface area contributed by atoms with Gasteiger partial charge in [0.05, 0.1) is 11.4 Å². The number of amides is 2. The van der Waals surface area contributed by atoms with Crippen molar-refractivity contribution in [2.45, 2.75) is 26.3 Å². The lowest BCUT2D eigenvalue weighted by Crippen LogP contribution is -2.49. The van der Waals surface area contributed by atoms with Gasteiger partial charge in [0.1, 0.15) is 12.1 Å². The van der Waals surface area contributed by atoms with Gasteiger partial charge < -0.3 is 25.2 Å². The number of fused-ring (bicyclic) bond motifs is 2. The van der Waals surface area contributed by atoms with E-state index in [1.165, 1.54) is 16.4 Å². The quantitative estimate of drug-likeness (QED) is 0.345. The molecule has 41 heavy (non-hydrogen) atoms. The molecule has 0 spiro atoms. The van der Waals surface area contributed by atoms with Gasteiger partial charge >= 0.3 is 6.01 Å². The zero-order valence-corrected chi connectivity index (χ0v) is 23.7. The number of anilines is 2. The number of carbonyl (C=O) groups is 2. The molecule has 0 bridgehead atoms. The van der Waals surface area contributed by atoms with Gasteiger partial charge in [0.25, 0.3) is 0 Å². The van der Waals surface area contributed by atoms with Crippen molar-refractivity contribution >= 4 is 45.5 Å². The number of aryl methyl sites for hydroxylation is 2. The number of benzene rings is 2. The molecule has 4 aromatic rings. The van der Waals surface area contributed by atoms with E-state index in [4.69, 9.17) is 4.74 Å². The standard InChI is InChI=1S/C20H27N5O2.C9H8FN3O/c1-13-4-5-17(25-9-7-21-14(2)11-25)16-10-22-20(23-18(13)16)27-12-15-6-8-24(3)19(15)26;1-13-4-6-2-7(11-5-14)3-8(10)9(6)12-13/h4-5,10,14-15,21H,6-9,11-12H2,1-3H3;2-5H,1H3,(H,11,14). The minimum atomic E-state index is -0.438. The first-order valence-electron chi connectivity index (χ1n) is 13.7. The van der Waals surface area contributed by atoms with Crippen molar-refractivity contribution in [3.8, 4) is 6.01 Å². The molecule has 4 heterocycles. The first kappa shape index (κ1) is 28.2. The lowest BCUT2D eigenvalue weighted by molar-refractivity contribution is -0.130. The van der Waals surface area contributed by atoms with E-state index in [1.807, 2.05) is 13.2 Å². The number of aromatic nitrogens is 4. The molecule has 2 aliphatic rings. The summed E-state index contributed by atoms with van der Waals surface area (Å²) >= 11 is 0. The normalized spacial score (nSPS) is 18.9. The fourth-order valence-corrected chi connectivity index (χ4v) is 5.31. The second-order valence-corrected chi connectivity index (χ2v) is 10.6. The number of piperazine rings is 1. The monoisotopic (exact) mass is 562 g/mol. The minimum absolute atomic E-state index is 0.0935. The Kier molecular flexibility index (Phi) is 8.29. The summed E-state index contributed by atoms with van der Waals surface area (Å²) in [7, 11) is 3.54. The first-order chi connectivity index (χ1) is 19.7. The van der Waals surface area contributed by atoms with Gasteiger partial charge in [0.2, 0.25) is 12.3 Å². The van der Waals surface area contributed by atoms with E-state index in [0.717, 1.165) is 49.1 Å². The summed E-state index contributed by atoms with van der Waals surface area (Å²) in [5.74, 6) is -0.390. The van der Waals surface area contributed by atoms with Crippen LogP contribution in [0.15, 0.2) is 36.7 Å². The molecule has 2 fully saturated rings. The van der Waals surface area contributed by atoms with E-state index in [1.54, 1.807) is 24.2 Å². The molecular formula is C29H35FN8O3. The molecular weight excluding hydrogens is 527 g/mol. The number of likely N-dealkylation sites (tertiary alicyclic amines) is 1. The van der Waals surface area contributed by atoms with Crippen LogP contribution in [0.4, 0.5) is 15.8 Å². The van der Waals surface area contributed by atoms with Crippen LogP contribution < -0.4 is 20.3 Å². The average molecular weight is 563 g/mol. The SMILES string of the molecule is Cc1ccc(N2CCNC(C)C2)c2cnc(OCC3CCN(C)C3=O)nc12.Cn1cc2cc(NC=O)cc(F)c2n1. The largest absolute Gasteiger partial charge is 0.463 e. The van der Waals surface area contributed by atoms with Crippen molar-refractivity contribution in [1.29, 1.82) is 0 Å². The summed E-state index contributed by atoms with van der Waals surface area (Å²) in [5.41, 5.74) is 3.92. The summed E-state index contributed by atoms with van der Waals surface area (Å²) < 4.78 is 20.7. The van der Waals surface area contributed by atoms with Crippen LogP contribution in [0.1, 0.15) is 18.9 Å². The van der Waals surface area contributed by atoms with Gasteiger partial charge in [-0.15, -0.1) is 0 Å². The number of hydrogen-bond acceptors (Lipinski definition) is 8. The maximum atomic E-state index is 13.4. The number of rotatable bonds is 6. The smallest absolute Gasteiger partial charge is 0.316 e. The number of carbonyl (C=O) groups excluding carboxylic acids is 2. The molecule has 2 aromatic heterocycles. The van der Waals surface area contributed by atoms with Crippen molar-refractivity contribution in [2.75, 3.05) is 50.1 Å². The van der Waals surface area contributed by atoms with Gasteiger partial charge in [-0.05, 0) is 44.0 Å². The second-order valence-electron chi connectivity index (χ2n) is 10.6. The lowest BCUT2D eigenvalue weighted by Gasteiger charge is -2.34. The number of nitrogens with zero attached hydrogens (tertiary/aromatic N) is 6. The van der Waals surface area contributed by atoms with E-state index in [-0.39, 0.29) is 11.8 Å². The molecule has 0 aliphatic carbocycles. The third kappa shape index (κ3) is 6.22. The number of ether oxygens (including phenoxy) is 1. The fraction of sp³-hybridized carbons (Fsp3) is 0.414. The second kappa shape index (κ2) is 12.0. The highest BCUT2D eigenvalue weighted by Crippen LogP contribution is 2.30. The summed E-state index contributed by atoms with van der Waals surface area (Å²) in [6.07, 6.45) is 4.88. The van der Waals surface area contributed by atoms with Crippen LogP contribution in [0.5, 0.6) is 6.01 Å². The van der Waals surface area contributed by atoms with Crippen LogP contribution in [0, 0.1) is 18.7 Å². The molecule has 2 atom stereocenters. The van der Waals surface area contributed by atoms with Crippen molar-refractivity contribution in [1.82, 2.24) is 30.0 Å². The van der Waals surface area contributed by atoms with Crippen molar-refractivity contribution in [2.24, 2.45) is 13.0 Å². The Balaban J connectivity index is 0.000000202. The summed E-state index contributed by atoms with van der Waals surface area (Å²) in [6.45, 7) is 8.29. The predicted molar refractivity (Wildman–Crippen MR) is 156 cm³/mol. The highest BCUT2D eigenvalue weighted by Gasteiger charge is 2.30. The molecule has 2 amide bonds. The number of hydrogen-bond donors (Lipinski definition) is 2. The van der Waals surface area contributed by atoms with Gasteiger partial charge in [-0.25, -0.2) is 9.37 Å². The predicted octanol–water partition coefficient (Wildman–Crippen LogP) is 2.87. The van der Waals surface area contributed by atoms with E-state index in [2.05, 4.69) is 56.6 Å². The average Bonchev–Trinajstić information content (AvgIpc) is 3.49. The lowest BCUT2D eigenvalue weighted by atomic mass is 10.1. The van der Waals surface area contributed by atoms with Crippen molar-refractivity contribution in [3.05, 3.63) is 48.0 Å². The van der Waals surface area contributed by atoms with Gasteiger partial charge in [-0.2, -0.15) is 10.1 Å². The molecule has 2 N–H and O–H groups in total. The maximum Gasteiger partial charge on any atom is 0.316 e. The number of nitrogens with one attached hydrogen (secondary N) is 2. The van der Waals surface area contributed by atoms with E-state index >= 15 is 0 Å². The molecule has 0 radical (unpaired) electrons. The molecule has 6 rings (SSSR count). The third-order valence-electron chi connectivity index (χ3n) is 7.47. The van der Waals surface area contributed by atoms with Crippen LogP contribution in [-0.4, -0.2) is 82.8 Å². The van der Waals surface area contributed by atoms with Crippen LogP contribution in [0.3, 0.4) is 0 Å². The summed E-state index contributed by atoms with van der Waals surface area (Å²) in [6, 6.07) is 7.98. The highest BCUT2D eigenvalue weighted by atomic mass is 19.1. The molecule has 2 saturated heterocycles. The van der Waals surface area contributed by atoms with Gasteiger partial charge in [0.15, 0.2) is 5.82 Å². The molecule has 2 aliphatic heterocycles. The van der Waals surface area contributed by atoms with Crippen LogP contribution in [0.2, 0.25) is 0 Å². The van der Waals surface area contributed by atoms with Crippen LogP contribution >= 0.6 is 0 Å². The molecule has 216 valence electrons. The highest BCUT2D eigenvalue weighted by molar-refractivity contribution is 5.93. The van der Waals surface area contributed by atoms with Crippen LogP contribution in [-0.2, 0) is 16.6 Å². The van der Waals surface area contributed by atoms with Crippen molar-refractivity contribution < 1.29 is 18.7 Å². The van der Waals surface area contributed by atoms with Crippen LogP contribution in [0.25, 0.3) is 21.8 Å². The Hall–Kier alpha value is -4.32. The Bertz CT molecular complexity index is 1570. The van der Waals surface area contributed by atoms with Gasteiger partial charge in [0, 0.05) is 80.9 Å². The van der Waals surface area contributed by atoms with E-state index in [9.17, 15) is 14.0 Å².